The molecule has 2 aromatic carbocycles. The highest BCUT2D eigenvalue weighted by Gasteiger charge is 2.30. The fourth-order valence-corrected chi connectivity index (χ4v) is 4.89. The van der Waals surface area contributed by atoms with Crippen LogP contribution < -0.4 is 48.9 Å². The van der Waals surface area contributed by atoms with Crippen molar-refractivity contribution in [3.8, 4) is 0 Å². The lowest BCUT2D eigenvalue weighted by Gasteiger charge is -2.26. The predicted octanol–water partition coefficient (Wildman–Crippen LogP) is -0.509. The zero-order chi connectivity index (χ0) is 37.1. The third-order valence-corrected chi connectivity index (χ3v) is 7.40. The lowest BCUT2D eigenvalue weighted by atomic mass is 10.0. The van der Waals surface area contributed by atoms with Crippen molar-refractivity contribution >= 4 is 41.5 Å². The summed E-state index contributed by atoms with van der Waals surface area (Å²) in [6, 6.07) is 12.9. The summed E-state index contributed by atoms with van der Waals surface area (Å²) in [5.74, 6) is -3.02. The number of amides is 7. The highest BCUT2D eigenvalue weighted by Crippen LogP contribution is 2.09. The molecule has 0 bridgehead atoms. The Labute approximate surface area is 292 Å². The summed E-state index contributed by atoms with van der Waals surface area (Å²) >= 11 is 0. The first-order valence-corrected chi connectivity index (χ1v) is 16.4. The van der Waals surface area contributed by atoms with E-state index < -0.39 is 59.7 Å². The van der Waals surface area contributed by atoms with Crippen LogP contribution in [0.2, 0.25) is 0 Å². The van der Waals surface area contributed by atoms with Crippen molar-refractivity contribution in [2.24, 2.45) is 22.4 Å². The highest BCUT2D eigenvalue weighted by molar-refractivity contribution is 5.94. The number of primary amides is 1. The van der Waals surface area contributed by atoms with Crippen LogP contribution in [0.1, 0.15) is 51.2 Å². The van der Waals surface area contributed by atoms with Crippen LogP contribution in [-0.2, 0) is 36.8 Å². The smallest absolute Gasteiger partial charge is 0.334 e. The quantitative estimate of drug-likeness (QED) is 0.0424. The van der Waals surface area contributed by atoms with E-state index in [2.05, 4.69) is 42.4 Å². The van der Waals surface area contributed by atoms with Gasteiger partial charge in [0.25, 0.3) is 5.91 Å². The van der Waals surface area contributed by atoms with Crippen LogP contribution >= 0.6 is 0 Å². The molecule has 2 rings (SSSR count). The van der Waals surface area contributed by atoms with E-state index in [0.29, 0.717) is 13.0 Å². The summed E-state index contributed by atoms with van der Waals surface area (Å²) in [4.78, 5) is 80.7. The number of aliphatic imine (C=N–C) groups is 1. The van der Waals surface area contributed by atoms with Gasteiger partial charge in [0.2, 0.25) is 23.6 Å². The van der Waals surface area contributed by atoms with Gasteiger partial charge >= 0.3 is 6.03 Å². The first-order valence-electron chi connectivity index (χ1n) is 16.4. The maximum absolute atomic E-state index is 13.6. The molecule has 16 heteroatoms. The average Bonchev–Trinajstić information content (AvgIpc) is 3.07. The van der Waals surface area contributed by atoms with Crippen LogP contribution in [0.4, 0.5) is 4.79 Å². The maximum Gasteiger partial charge on any atom is 0.334 e. The molecule has 0 unspecified atom stereocenters. The first kappa shape index (κ1) is 40.5. The third-order valence-electron chi connectivity index (χ3n) is 7.40. The SMILES string of the molecule is CN=C(N)NCCC[C@H](NC(=O)[C@H](CC(C)C)NC(=O)NNC(=O)[C@H](Cc1ccccc1)NC(C)=O)C(=O)N[C@@H](Cc1ccccc1)C(N)=O. The monoisotopic (exact) mass is 694 g/mol. The Morgan fingerprint density at radius 3 is 1.74 bits per heavy atom. The molecule has 0 aromatic heterocycles. The molecule has 16 nitrogen and oxygen atoms in total. The van der Waals surface area contributed by atoms with E-state index in [0.717, 1.165) is 11.1 Å². The molecule has 0 heterocycles. The number of hydrogen-bond donors (Lipinski definition) is 9. The Morgan fingerprint density at radius 2 is 1.22 bits per heavy atom. The summed E-state index contributed by atoms with van der Waals surface area (Å²) in [5.41, 5.74) is 17.4. The standard InChI is InChI=1S/C34H50N10O6/c1-21(2)18-27(42-34(50)44-43-32(49)28(39-22(3)45)20-24-14-9-6-10-15-24)31(48)40-25(16-11-17-38-33(36)37-4)30(47)41-26(29(35)46)19-23-12-7-5-8-13-23/h5-10,12-15,21,25-28H,11,16-20H2,1-4H3,(H2,35,46)(H,39,45)(H,40,48)(H,41,47)(H,43,49)(H3,36,37,38)(H2,42,44,50)/t25-,26-,27-,28-/m0/s1. The Hall–Kier alpha value is -5.67. The van der Waals surface area contributed by atoms with Gasteiger partial charge in [-0.05, 0) is 36.3 Å². The van der Waals surface area contributed by atoms with Gasteiger partial charge in [-0.25, -0.2) is 10.2 Å². The summed E-state index contributed by atoms with van der Waals surface area (Å²) in [6.45, 7) is 5.31. The number of benzene rings is 2. The summed E-state index contributed by atoms with van der Waals surface area (Å²) in [6.07, 6.45) is 1.02. The number of nitrogens with zero attached hydrogens (tertiary/aromatic N) is 1. The summed E-state index contributed by atoms with van der Waals surface area (Å²) in [7, 11) is 1.52. The lowest BCUT2D eigenvalue weighted by Crippen LogP contribution is -2.59. The van der Waals surface area contributed by atoms with Crippen LogP contribution in [0.15, 0.2) is 65.7 Å². The zero-order valence-electron chi connectivity index (χ0n) is 29.0. The summed E-state index contributed by atoms with van der Waals surface area (Å²) < 4.78 is 0. The molecule has 0 aliphatic carbocycles. The van der Waals surface area contributed by atoms with Gasteiger partial charge in [0, 0.05) is 33.4 Å². The van der Waals surface area contributed by atoms with Crippen LogP contribution in [0.5, 0.6) is 0 Å². The van der Waals surface area contributed by atoms with Gasteiger partial charge in [0.05, 0.1) is 0 Å². The van der Waals surface area contributed by atoms with Crippen molar-refractivity contribution in [3.63, 3.8) is 0 Å². The fraction of sp³-hybridized carbons (Fsp3) is 0.441. The molecule has 11 N–H and O–H groups in total. The second-order valence-electron chi connectivity index (χ2n) is 12.1. The number of carbonyl (C=O) groups excluding carboxylic acids is 6. The van der Waals surface area contributed by atoms with Gasteiger partial charge in [-0.2, -0.15) is 0 Å². The minimum atomic E-state index is -1.12. The van der Waals surface area contributed by atoms with Gasteiger partial charge in [0.15, 0.2) is 5.96 Å². The largest absolute Gasteiger partial charge is 0.370 e. The van der Waals surface area contributed by atoms with Crippen molar-refractivity contribution in [2.75, 3.05) is 13.6 Å². The van der Waals surface area contributed by atoms with E-state index >= 15 is 0 Å². The number of nitrogens with one attached hydrogen (secondary N) is 7. The molecule has 0 saturated heterocycles. The van der Waals surface area contributed by atoms with Gasteiger partial charge < -0.3 is 38.1 Å². The van der Waals surface area contributed by atoms with Crippen LogP contribution in [0.25, 0.3) is 0 Å². The number of nitrogens with two attached hydrogens (primary N) is 2. The molecule has 272 valence electrons. The highest BCUT2D eigenvalue weighted by atomic mass is 16.2. The Bertz CT molecular complexity index is 1450. The Balaban J connectivity index is 2.14. The Morgan fingerprint density at radius 1 is 0.680 bits per heavy atom. The molecule has 0 saturated carbocycles. The molecule has 0 aliphatic rings. The van der Waals surface area contributed by atoms with Gasteiger partial charge in [0.1, 0.15) is 24.2 Å². The molecule has 7 amide bonds. The van der Waals surface area contributed by atoms with E-state index in [-0.39, 0.29) is 37.6 Å². The zero-order valence-corrected chi connectivity index (χ0v) is 29.0. The van der Waals surface area contributed by atoms with Crippen molar-refractivity contribution in [2.45, 2.75) is 77.0 Å². The number of guanidine groups is 1. The van der Waals surface area contributed by atoms with Gasteiger partial charge in [-0.3, -0.25) is 34.4 Å². The molecular weight excluding hydrogens is 644 g/mol. The minimum absolute atomic E-state index is 0.0615. The molecule has 0 aliphatic heterocycles. The van der Waals surface area contributed by atoms with Gasteiger partial charge in [-0.1, -0.05) is 74.5 Å². The van der Waals surface area contributed by atoms with E-state index in [1.54, 1.807) is 48.5 Å². The third kappa shape index (κ3) is 15.5. The minimum Gasteiger partial charge on any atom is -0.370 e. The molecule has 0 fully saturated rings. The maximum atomic E-state index is 13.6. The van der Waals surface area contributed by atoms with Crippen molar-refractivity contribution in [1.82, 2.24) is 37.4 Å². The van der Waals surface area contributed by atoms with Crippen molar-refractivity contribution < 1.29 is 28.8 Å². The summed E-state index contributed by atoms with van der Waals surface area (Å²) in [5, 5.41) is 13.3. The lowest BCUT2D eigenvalue weighted by molar-refractivity contribution is -0.132. The molecule has 0 spiro atoms. The Kier molecular flexibility index (Phi) is 17.3. The first-order chi connectivity index (χ1) is 23.8. The number of hydrogen-bond acceptors (Lipinski definition) is 7. The van der Waals surface area contributed by atoms with E-state index in [9.17, 15) is 28.8 Å². The van der Waals surface area contributed by atoms with Gasteiger partial charge in [-0.15, -0.1) is 0 Å². The van der Waals surface area contributed by atoms with E-state index in [1.165, 1.54) is 14.0 Å². The van der Waals surface area contributed by atoms with Crippen molar-refractivity contribution in [3.05, 3.63) is 71.8 Å². The number of rotatable bonds is 18. The second-order valence-corrected chi connectivity index (χ2v) is 12.1. The normalized spacial score (nSPS) is 13.5. The molecule has 2 aromatic rings. The predicted molar refractivity (Wildman–Crippen MR) is 189 cm³/mol. The van der Waals surface area contributed by atoms with Crippen LogP contribution in [0, 0.1) is 5.92 Å². The average molecular weight is 695 g/mol. The topological polar surface area (TPSA) is 251 Å². The fourth-order valence-electron chi connectivity index (χ4n) is 4.89. The van der Waals surface area contributed by atoms with E-state index in [4.69, 9.17) is 11.5 Å². The number of hydrazine groups is 1. The molecule has 50 heavy (non-hydrogen) atoms. The van der Waals surface area contributed by atoms with Crippen molar-refractivity contribution in [1.29, 1.82) is 0 Å². The number of carbonyl (C=O) groups is 6. The van der Waals surface area contributed by atoms with E-state index in [1.807, 2.05) is 26.0 Å². The molecular formula is C34H50N10O6. The number of urea groups is 1. The van der Waals surface area contributed by atoms with Crippen LogP contribution in [-0.4, -0.2) is 79.3 Å². The second kappa shape index (κ2) is 21.3. The molecule has 4 atom stereocenters. The molecule has 0 radical (unpaired) electrons. The van der Waals surface area contributed by atoms with Crippen LogP contribution in [0.3, 0.4) is 0 Å².